The summed E-state index contributed by atoms with van der Waals surface area (Å²) < 4.78 is 0. The number of carbonyl (C=O) groups is 1. The molecule has 1 aliphatic carbocycles. The number of nitrogens with two attached hydrogens (primary N) is 1. The first-order valence-corrected chi connectivity index (χ1v) is 8.53. The summed E-state index contributed by atoms with van der Waals surface area (Å²) in [5.41, 5.74) is 6.01. The molecule has 4 heteroatoms. The highest BCUT2D eigenvalue weighted by atomic mass is 32.2. The summed E-state index contributed by atoms with van der Waals surface area (Å²) in [6.45, 7) is 2.78. The van der Waals surface area contributed by atoms with Crippen molar-refractivity contribution >= 4 is 17.7 Å². The number of hydrogen-bond donors (Lipinski definition) is 2. The summed E-state index contributed by atoms with van der Waals surface area (Å²) in [5.74, 6) is 1.20. The molecule has 1 atom stereocenters. The molecule has 1 amide bonds. The molecule has 0 heterocycles. The van der Waals surface area contributed by atoms with Crippen molar-refractivity contribution in [2.75, 3.05) is 18.6 Å². The average Bonchev–Trinajstić information content (AvgIpc) is 2.39. The van der Waals surface area contributed by atoms with E-state index in [1.807, 2.05) is 0 Å². The van der Waals surface area contributed by atoms with Crippen molar-refractivity contribution in [3.63, 3.8) is 0 Å². The minimum Gasteiger partial charge on any atom is -0.353 e. The van der Waals surface area contributed by atoms with Crippen LogP contribution in [0.2, 0.25) is 0 Å². The summed E-state index contributed by atoms with van der Waals surface area (Å²) in [6, 6.07) is 0.311. The van der Waals surface area contributed by atoms with E-state index in [1.165, 1.54) is 19.3 Å². The topological polar surface area (TPSA) is 55.1 Å². The predicted octanol–water partition coefficient (Wildman–Crippen LogP) is 2.54. The van der Waals surface area contributed by atoms with E-state index in [0.717, 1.165) is 25.0 Å². The Morgan fingerprint density at radius 2 is 2.06 bits per heavy atom. The molecule has 1 unspecified atom stereocenters. The molecule has 0 bridgehead atoms. The monoisotopic (exact) mass is 272 g/mol. The van der Waals surface area contributed by atoms with Crippen molar-refractivity contribution in [1.29, 1.82) is 0 Å². The van der Waals surface area contributed by atoms with Gasteiger partial charge in [-0.15, -0.1) is 0 Å². The van der Waals surface area contributed by atoms with Crippen LogP contribution in [0.25, 0.3) is 0 Å². The standard InChI is InChI=1S/C14H28N2OS/c1-3-12(10-18-2)16-13(17)9-14(11-15)7-5-4-6-8-14/h12H,3-11,15H2,1-2H3,(H,16,17). The summed E-state index contributed by atoms with van der Waals surface area (Å²) >= 11 is 1.79. The van der Waals surface area contributed by atoms with Crippen LogP contribution in [-0.2, 0) is 4.79 Å². The third-order valence-corrected chi connectivity index (χ3v) is 4.84. The first-order chi connectivity index (χ1) is 8.65. The van der Waals surface area contributed by atoms with Gasteiger partial charge >= 0.3 is 0 Å². The molecule has 1 rings (SSSR count). The first kappa shape index (κ1) is 15.8. The molecular formula is C14H28N2OS. The van der Waals surface area contributed by atoms with Gasteiger partial charge in [-0.05, 0) is 37.5 Å². The van der Waals surface area contributed by atoms with E-state index < -0.39 is 0 Å². The average molecular weight is 272 g/mol. The van der Waals surface area contributed by atoms with Gasteiger partial charge in [0.2, 0.25) is 5.91 Å². The van der Waals surface area contributed by atoms with Gasteiger partial charge in [0.05, 0.1) is 0 Å². The van der Waals surface area contributed by atoms with E-state index in [1.54, 1.807) is 11.8 Å². The second-order valence-corrected chi connectivity index (χ2v) is 6.48. The van der Waals surface area contributed by atoms with E-state index in [2.05, 4.69) is 18.5 Å². The second kappa shape index (κ2) is 8.05. The Labute approximate surface area is 116 Å². The van der Waals surface area contributed by atoms with Crippen molar-refractivity contribution in [3.05, 3.63) is 0 Å². The van der Waals surface area contributed by atoms with Crippen LogP contribution in [0, 0.1) is 5.41 Å². The fraction of sp³-hybridized carbons (Fsp3) is 0.929. The minimum absolute atomic E-state index is 0.0833. The Bertz CT molecular complexity index is 252. The van der Waals surface area contributed by atoms with Crippen LogP contribution in [0.15, 0.2) is 0 Å². The number of thioether (sulfide) groups is 1. The zero-order valence-electron chi connectivity index (χ0n) is 11.8. The molecule has 0 spiro atoms. The fourth-order valence-corrected chi connectivity index (χ4v) is 3.56. The fourth-order valence-electron chi connectivity index (χ4n) is 2.84. The second-order valence-electron chi connectivity index (χ2n) is 5.57. The molecule has 0 saturated heterocycles. The number of carbonyl (C=O) groups excluding carboxylic acids is 1. The van der Waals surface area contributed by atoms with E-state index >= 15 is 0 Å². The Hall–Kier alpha value is -0.220. The highest BCUT2D eigenvalue weighted by Crippen LogP contribution is 2.38. The molecule has 3 nitrogen and oxygen atoms in total. The van der Waals surface area contributed by atoms with E-state index in [-0.39, 0.29) is 11.3 Å². The highest BCUT2D eigenvalue weighted by Gasteiger charge is 2.33. The molecular weight excluding hydrogens is 244 g/mol. The molecule has 106 valence electrons. The maximum atomic E-state index is 12.1. The molecule has 0 aromatic rings. The van der Waals surface area contributed by atoms with E-state index in [4.69, 9.17) is 5.73 Å². The van der Waals surface area contributed by atoms with Gasteiger partial charge in [-0.25, -0.2) is 0 Å². The Kier molecular flexibility index (Phi) is 7.08. The van der Waals surface area contributed by atoms with Crippen LogP contribution in [0.5, 0.6) is 0 Å². The Morgan fingerprint density at radius 3 is 2.56 bits per heavy atom. The number of nitrogens with one attached hydrogen (secondary N) is 1. The van der Waals surface area contributed by atoms with Crippen LogP contribution in [0.1, 0.15) is 51.9 Å². The van der Waals surface area contributed by atoms with Gasteiger partial charge in [-0.3, -0.25) is 4.79 Å². The summed E-state index contributed by atoms with van der Waals surface area (Å²) in [5, 5.41) is 3.16. The molecule has 0 aromatic heterocycles. The van der Waals surface area contributed by atoms with Gasteiger partial charge in [0, 0.05) is 18.2 Å². The Morgan fingerprint density at radius 1 is 1.39 bits per heavy atom. The first-order valence-electron chi connectivity index (χ1n) is 7.14. The lowest BCUT2D eigenvalue weighted by Crippen LogP contribution is -2.42. The number of hydrogen-bond acceptors (Lipinski definition) is 3. The molecule has 1 aliphatic rings. The summed E-state index contributed by atoms with van der Waals surface area (Å²) in [6.07, 6.45) is 9.70. The van der Waals surface area contributed by atoms with Crippen LogP contribution in [-0.4, -0.2) is 30.5 Å². The largest absolute Gasteiger partial charge is 0.353 e. The van der Waals surface area contributed by atoms with Crippen LogP contribution in [0.3, 0.4) is 0 Å². The molecule has 0 aromatic carbocycles. The minimum atomic E-state index is 0.0833. The normalized spacial score (nSPS) is 20.4. The van der Waals surface area contributed by atoms with Gasteiger partial charge in [-0.2, -0.15) is 11.8 Å². The lowest BCUT2D eigenvalue weighted by atomic mass is 9.71. The molecule has 1 saturated carbocycles. The van der Waals surface area contributed by atoms with Crippen molar-refractivity contribution < 1.29 is 4.79 Å². The number of rotatable bonds is 7. The Balaban J connectivity index is 2.45. The maximum Gasteiger partial charge on any atom is 0.220 e. The summed E-state index contributed by atoms with van der Waals surface area (Å²) in [7, 11) is 0. The third kappa shape index (κ3) is 4.81. The highest BCUT2D eigenvalue weighted by molar-refractivity contribution is 7.98. The molecule has 0 aliphatic heterocycles. The van der Waals surface area contributed by atoms with E-state index in [0.29, 0.717) is 19.0 Å². The molecule has 18 heavy (non-hydrogen) atoms. The van der Waals surface area contributed by atoms with Crippen molar-refractivity contribution in [3.8, 4) is 0 Å². The molecule has 3 N–H and O–H groups in total. The SMILES string of the molecule is CCC(CSC)NC(=O)CC1(CN)CCCCC1. The van der Waals surface area contributed by atoms with E-state index in [9.17, 15) is 4.79 Å². The zero-order valence-corrected chi connectivity index (χ0v) is 12.7. The lowest BCUT2D eigenvalue weighted by Gasteiger charge is -2.36. The van der Waals surface area contributed by atoms with Crippen LogP contribution in [0.4, 0.5) is 0 Å². The molecule has 0 radical (unpaired) electrons. The summed E-state index contributed by atoms with van der Waals surface area (Å²) in [4.78, 5) is 12.1. The quantitative estimate of drug-likeness (QED) is 0.749. The lowest BCUT2D eigenvalue weighted by molar-refractivity contribution is -0.124. The van der Waals surface area contributed by atoms with Crippen molar-refractivity contribution in [2.24, 2.45) is 11.1 Å². The van der Waals surface area contributed by atoms with Gasteiger partial charge in [0.1, 0.15) is 0 Å². The van der Waals surface area contributed by atoms with Gasteiger partial charge in [0.25, 0.3) is 0 Å². The van der Waals surface area contributed by atoms with Crippen molar-refractivity contribution in [1.82, 2.24) is 5.32 Å². The van der Waals surface area contributed by atoms with Gasteiger partial charge < -0.3 is 11.1 Å². The molecule has 1 fully saturated rings. The smallest absolute Gasteiger partial charge is 0.220 e. The number of amides is 1. The predicted molar refractivity (Wildman–Crippen MR) is 79.8 cm³/mol. The van der Waals surface area contributed by atoms with Gasteiger partial charge in [-0.1, -0.05) is 26.2 Å². The zero-order chi connectivity index (χ0) is 13.4. The third-order valence-electron chi connectivity index (χ3n) is 4.11. The van der Waals surface area contributed by atoms with Crippen LogP contribution < -0.4 is 11.1 Å². The van der Waals surface area contributed by atoms with Crippen molar-refractivity contribution in [2.45, 2.75) is 57.9 Å². The van der Waals surface area contributed by atoms with Crippen LogP contribution >= 0.6 is 11.8 Å². The maximum absolute atomic E-state index is 12.1. The van der Waals surface area contributed by atoms with Gasteiger partial charge in [0.15, 0.2) is 0 Å².